The fourth-order valence-electron chi connectivity index (χ4n) is 1.85. The van der Waals surface area contributed by atoms with Crippen molar-refractivity contribution in [2.75, 3.05) is 33.2 Å². The minimum Gasteiger partial charge on any atom is -0.352 e. The number of carbonyl (C=O) groups excluding carboxylic acids is 1. The predicted molar refractivity (Wildman–Crippen MR) is 50.4 cm³/mol. The van der Waals surface area contributed by atoms with E-state index in [4.69, 9.17) is 0 Å². The van der Waals surface area contributed by atoms with Gasteiger partial charge in [0.05, 0.1) is 5.92 Å². The van der Waals surface area contributed by atoms with E-state index >= 15 is 0 Å². The molecule has 2 saturated heterocycles. The number of hydrogen-bond acceptors (Lipinski definition) is 3. The number of carbonyl (C=O) groups is 1. The molecule has 2 rings (SSSR count). The molecule has 2 aliphatic heterocycles. The van der Waals surface area contributed by atoms with Crippen LogP contribution in [-0.4, -0.2) is 50.1 Å². The molecule has 0 spiro atoms. The summed E-state index contributed by atoms with van der Waals surface area (Å²) in [5.74, 6) is 0.463. The first-order chi connectivity index (χ1) is 6.25. The minimum atomic E-state index is 0.228. The first-order valence-electron chi connectivity index (χ1n) is 4.95. The zero-order valence-corrected chi connectivity index (χ0v) is 8.05. The van der Waals surface area contributed by atoms with E-state index in [0.29, 0.717) is 6.04 Å². The van der Waals surface area contributed by atoms with Crippen LogP contribution < -0.4 is 10.6 Å². The average Bonchev–Trinajstić information content (AvgIpc) is 2.31. The molecule has 2 N–H and O–H groups in total. The Morgan fingerprint density at radius 2 is 2.31 bits per heavy atom. The molecule has 13 heavy (non-hydrogen) atoms. The molecule has 0 aliphatic carbocycles. The van der Waals surface area contributed by atoms with Crippen LogP contribution in [0.4, 0.5) is 0 Å². The second-order valence-electron chi connectivity index (χ2n) is 4.11. The van der Waals surface area contributed by atoms with Crippen LogP contribution in [0.25, 0.3) is 0 Å². The van der Waals surface area contributed by atoms with Gasteiger partial charge in [-0.3, -0.25) is 4.79 Å². The first-order valence-corrected chi connectivity index (χ1v) is 4.95. The van der Waals surface area contributed by atoms with Gasteiger partial charge < -0.3 is 15.5 Å². The van der Waals surface area contributed by atoms with Crippen LogP contribution in [0.2, 0.25) is 0 Å². The number of nitrogens with zero attached hydrogens (tertiary/aromatic N) is 1. The lowest BCUT2D eigenvalue weighted by Gasteiger charge is -2.27. The summed E-state index contributed by atoms with van der Waals surface area (Å²) >= 11 is 0. The average molecular weight is 183 g/mol. The fourth-order valence-corrected chi connectivity index (χ4v) is 1.85. The molecule has 2 heterocycles. The van der Waals surface area contributed by atoms with Crippen LogP contribution >= 0.6 is 0 Å². The second-order valence-corrected chi connectivity index (χ2v) is 4.11. The number of likely N-dealkylation sites (tertiary alicyclic amines) is 1. The Hall–Kier alpha value is -0.610. The van der Waals surface area contributed by atoms with Gasteiger partial charge in [-0.05, 0) is 20.0 Å². The van der Waals surface area contributed by atoms with Gasteiger partial charge in [0, 0.05) is 25.7 Å². The van der Waals surface area contributed by atoms with E-state index in [1.165, 1.54) is 0 Å². The molecule has 0 bridgehead atoms. The van der Waals surface area contributed by atoms with Crippen LogP contribution in [-0.2, 0) is 4.79 Å². The summed E-state index contributed by atoms with van der Waals surface area (Å²) in [5, 5.41) is 6.20. The van der Waals surface area contributed by atoms with Crippen molar-refractivity contribution in [1.29, 1.82) is 0 Å². The third kappa shape index (κ3) is 2.00. The van der Waals surface area contributed by atoms with Gasteiger partial charge in [0.25, 0.3) is 0 Å². The van der Waals surface area contributed by atoms with Crippen molar-refractivity contribution in [1.82, 2.24) is 15.5 Å². The molecular formula is C9H17N3O. The van der Waals surface area contributed by atoms with Gasteiger partial charge >= 0.3 is 0 Å². The van der Waals surface area contributed by atoms with Crippen molar-refractivity contribution >= 4 is 5.91 Å². The zero-order valence-electron chi connectivity index (χ0n) is 8.05. The third-order valence-corrected chi connectivity index (χ3v) is 2.89. The van der Waals surface area contributed by atoms with Crippen LogP contribution in [0.15, 0.2) is 0 Å². The van der Waals surface area contributed by atoms with E-state index < -0.39 is 0 Å². The van der Waals surface area contributed by atoms with Crippen LogP contribution in [0, 0.1) is 5.92 Å². The molecule has 2 aliphatic rings. The molecule has 4 heteroatoms. The Morgan fingerprint density at radius 1 is 1.54 bits per heavy atom. The van der Waals surface area contributed by atoms with Crippen LogP contribution in [0.1, 0.15) is 6.42 Å². The highest BCUT2D eigenvalue weighted by Gasteiger charge is 2.28. The molecule has 0 radical (unpaired) electrons. The fraction of sp³-hybridized carbons (Fsp3) is 0.889. The Balaban J connectivity index is 1.74. The Labute approximate surface area is 78.7 Å². The molecule has 0 aromatic heterocycles. The SMILES string of the molecule is CN1CCC(NC(=O)C2CNC2)C1. The smallest absolute Gasteiger partial charge is 0.225 e. The molecule has 0 saturated carbocycles. The number of nitrogens with one attached hydrogen (secondary N) is 2. The molecule has 4 nitrogen and oxygen atoms in total. The molecule has 74 valence electrons. The molecular weight excluding hydrogens is 166 g/mol. The molecule has 0 aromatic carbocycles. The molecule has 1 amide bonds. The van der Waals surface area contributed by atoms with E-state index in [0.717, 1.165) is 32.6 Å². The van der Waals surface area contributed by atoms with E-state index in [1.54, 1.807) is 0 Å². The van der Waals surface area contributed by atoms with Gasteiger partial charge in [-0.15, -0.1) is 0 Å². The lowest BCUT2D eigenvalue weighted by atomic mass is 10.0. The molecule has 0 aromatic rings. The van der Waals surface area contributed by atoms with Crippen molar-refractivity contribution in [2.45, 2.75) is 12.5 Å². The maximum Gasteiger partial charge on any atom is 0.225 e. The zero-order chi connectivity index (χ0) is 9.26. The lowest BCUT2D eigenvalue weighted by molar-refractivity contribution is -0.127. The Bertz CT molecular complexity index is 203. The van der Waals surface area contributed by atoms with E-state index in [2.05, 4.69) is 22.6 Å². The van der Waals surface area contributed by atoms with E-state index in [9.17, 15) is 4.79 Å². The lowest BCUT2D eigenvalue weighted by Crippen LogP contribution is -2.53. The summed E-state index contributed by atoms with van der Waals surface area (Å²) in [4.78, 5) is 13.8. The summed E-state index contributed by atoms with van der Waals surface area (Å²) in [6.45, 7) is 3.82. The summed E-state index contributed by atoms with van der Waals surface area (Å²) in [6, 6.07) is 0.387. The molecule has 1 unspecified atom stereocenters. The highest BCUT2D eigenvalue weighted by molar-refractivity contribution is 5.80. The summed E-state index contributed by atoms with van der Waals surface area (Å²) in [5.41, 5.74) is 0. The van der Waals surface area contributed by atoms with Gasteiger partial charge in [0.15, 0.2) is 0 Å². The van der Waals surface area contributed by atoms with Crippen molar-refractivity contribution in [3.05, 3.63) is 0 Å². The maximum absolute atomic E-state index is 11.5. The maximum atomic E-state index is 11.5. The third-order valence-electron chi connectivity index (χ3n) is 2.89. The minimum absolute atomic E-state index is 0.228. The summed E-state index contributed by atoms with van der Waals surface area (Å²) < 4.78 is 0. The van der Waals surface area contributed by atoms with Crippen molar-refractivity contribution in [3.8, 4) is 0 Å². The van der Waals surface area contributed by atoms with E-state index in [1.807, 2.05) is 0 Å². The Morgan fingerprint density at radius 3 is 2.77 bits per heavy atom. The monoisotopic (exact) mass is 183 g/mol. The van der Waals surface area contributed by atoms with Crippen molar-refractivity contribution in [2.24, 2.45) is 5.92 Å². The summed E-state index contributed by atoms with van der Waals surface area (Å²) in [6.07, 6.45) is 1.10. The normalized spacial score (nSPS) is 30.1. The molecule has 1 atom stereocenters. The number of amides is 1. The Kier molecular flexibility index (Phi) is 2.51. The highest BCUT2D eigenvalue weighted by Crippen LogP contribution is 2.08. The van der Waals surface area contributed by atoms with Crippen molar-refractivity contribution in [3.63, 3.8) is 0 Å². The van der Waals surface area contributed by atoms with E-state index in [-0.39, 0.29) is 11.8 Å². The summed E-state index contributed by atoms with van der Waals surface area (Å²) in [7, 11) is 2.09. The van der Waals surface area contributed by atoms with Crippen molar-refractivity contribution < 1.29 is 4.79 Å². The van der Waals surface area contributed by atoms with Crippen LogP contribution in [0.5, 0.6) is 0 Å². The number of rotatable bonds is 2. The molecule has 2 fully saturated rings. The number of likely N-dealkylation sites (N-methyl/N-ethyl adjacent to an activating group) is 1. The first kappa shape index (κ1) is 8.97. The van der Waals surface area contributed by atoms with Gasteiger partial charge in [-0.1, -0.05) is 0 Å². The quantitative estimate of drug-likeness (QED) is 0.579. The van der Waals surface area contributed by atoms with Crippen LogP contribution in [0.3, 0.4) is 0 Å². The van der Waals surface area contributed by atoms with Gasteiger partial charge in [0.1, 0.15) is 0 Å². The highest BCUT2D eigenvalue weighted by atomic mass is 16.2. The van der Waals surface area contributed by atoms with Gasteiger partial charge in [-0.25, -0.2) is 0 Å². The standard InChI is InChI=1S/C9H17N3O/c1-12-3-2-8(6-12)11-9(13)7-4-10-5-7/h7-8,10H,2-6H2,1H3,(H,11,13). The largest absolute Gasteiger partial charge is 0.352 e. The number of hydrogen-bond donors (Lipinski definition) is 2. The second kappa shape index (κ2) is 3.64. The van der Waals surface area contributed by atoms with Gasteiger partial charge in [0.2, 0.25) is 5.91 Å². The topological polar surface area (TPSA) is 44.4 Å². The van der Waals surface area contributed by atoms with Gasteiger partial charge in [-0.2, -0.15) is 0 Å². The predicted octanol–water partition coefficient (Wildman–Crippen LogP) is -0.974.